The summed E-state index contributed by atoms with van der Waals surface area (Å²) < 4.78 is 109. The van der Waals surface area contributed by atoms with Crippen molar-refractivity contribution in [3.63, 3.8) is 0 Å². The fourth-order valence-corrected chi connectivity index (χ4v) is 4.45. The molecule has 0 bridgehead atoms. The van der Waals surface area contributed by atoms with Crippen molar-refractivity contribution in [2.45, 2.75) is 43.4 Å². The van der Waals surface area contributed by atoms with E-state index in [0.717, 1.165) is 10.4 Å². The van der Waals surface area contributed by atoms with Gasteiger partial charge in [-0.05, 0) is 31.9 Å². The minimum absolute atomic E-state index is 0.0324. The van der Waals surface area contributed by atoms with Crippen LogP contribution in [0.1, 0.15) is 19.8 Å². The van der Waals surface area contributed by atoms with E-state index < -0.39 is 45.2 Å². The lowest BCUT2D eigenvalue weighted by Crippen LogP contribution is -2.35. The van der Waals surface area contributed by atoms with E-state index in [1.165, 1.54) is 6.92 Å². The average Bonchev–Trinajstić information content (AvgIpc) is 2.81. The molecule has 1 saturated heterocycles. The molecule has 2 rings (SSSR count). The number of halogens is 6. The quantitative estimate of drug-likeness (QED) is 0.733. The molecule has 1 fully saturated rings. The van der Waals surface area contributed by atoms with Crippen molar-refractivity contribution in [2.75, 3.05) is 6.54 Å². The molecule has 1 aliphatic heterocycles. The smallest absolute Gasteiger partial charge is 0.404 e. The summed E-state index contributed by atoms with van der Waals surface area (Å²) in [6, 6.07) is 1.42. The molecule has 1 unspecified atom stereocenters. The van der Waals surface area contributed by atoms with Crippen LogP contribution in [-0.4, -0.2) is 38.0 Å². The maximum atomic E-state index is 12.7. The second kappa shape index (κ2) is 6.56. The van der Waals surface area contributed by atoms with Gasteiger partial charge in [0.15, 0.2) is 16.4 Å². The molecule has 5 nitrogen and oxygen atoms in total. The predicted molar refractivity (Wildman–Crippen MR) is 72.4 cm³/mol. The first kappa shape index (κ1) is 19.6. The Morgan fingerprint density at radius 2 is 1.52 bits per heavy atom. The van der Waals surface area contributed by atoms with Crippen LogP contribution in [0.2, 0.25) is 0 Å². The molecule has 0 radical (unpaired) electrons. The van der Waals surface area contributed by atoms with Gasteiger partial charge in [0, 0.05) is 12.6 Å². The van der Waals surface area contributed by atoms with E-state index in [0.29, 0.717) is 25.0 Å². The van der Waals surface area contributed by atoms with Gasteiger partial charge >= 0.3 is 12.7 Å². The van der Waals surface area contributed by atoms with Gasteiger partial charge in [0.2, 0.25) is 0 Å². The lowest BCUT2D eigenvalue weighted by molar-refractivity contribution is -0.278. The normalized spacial score (nSPS) is 19.9. The third kappa shape index (κ3) is 4.69. The number of ether oxygens (including phenoxy) is 2. The van der Waals surface area contributed by atoms with Crippen LogP contribution in [0.15, 0.2) is 23.1 Å². The Labute approximate surface area is 139 Å². The summed E-state index contributed by atoms with van der Waals surface area (Å²) in [5, 5.41) is 0. The molecule has 0 aromatic heterocycles. The monoisotopic (exact) mass is 393 g/mol. The van der Waals surface area contributed by atoms with E-state index in [9.17, 15) is 34.8 Å². The van der Waals surface area contributed by atoms with Crippen molar-refractivity contribution < 1.29 is 44.2 Å². The van der Waals surface area contributed by atoms with Crippen LogP contribution in [0.3, 0.4) is 0 Å². The topological polar surface area (TPSA) is 55.8 Å². The van der Waals surface area contributed by atoms with Gasteiger partial charge in [-0.3, -0.25) is 0 Å². The summed E-state index contributed by atoms with van der Waals surface area (Å²) in [4.78, 5) is -1.31. The number of nitrogens with zero attached hydrogens (tertiary/aromatic N) is 1. The Balaban J connectivity index is 2.62. The highest BCUT2D eigenvalue weighted by molar-refractivity contribution is 7.89. The van der Waals surface area contributed by atoms with E-state index in [1.807, 2.05) is 0 Å². The van der Waals surface area contributed by atoms with Gasteiger partial charge in [-0.1, -0.05) is 6.07 Å². The van der Waals surface area contributed by atoms with E-state index >= 15 is 0 Å². The fraction of sp³-hybridized carbons (Fsp3) is 0.538. The number of hydrogen-bond acceptors (Lipinski definition) is 4. The Morgan fingerprint density at radius 1 is 1.04 bits per heavy atom. The van der Waals surface area contributed by atoms with Crippen molar-refractivity contribution >= 4 is 10.0 Å². The molecule has 1 heterocycles. The highest BCUT2D eigenvalue weighted by Gasteiger charge is 2.42. The SMILES string of the molecule is CC1CCCN1S(=O)(=O)c1c(OC(F)(F)F)cccc1OC(F)(F)F. The number of rotatable bonds is 4. The lowest BCUT2D eigenvalue weighted by Gasteiger charge is -2.24. The molecule has 0 aliphatic carbocycles. The largest absolute Gasteiger partial charge is 0.573 e. The summed E-state index contributed by atoms with van der Waals surface area (Å²) in [5.74, 6) is -2.57. The van der Waals surface area contributed by atoms with Gasteiger partial charge in [-0.15, -0.1) is 26.3 Å². The van der Waals surface area contributed by atoms with Crippen molar-refractivity contribution in [3.05, 3.63) is 18.2 Å². The van der Waals surface area contributed by atoms with E-state index in [1.54, 1.807) is 0 Å². The molecule has 1 aromatic carbocycles. The van der Waals surface area contributed by atoms with Crippen LogP contribution in [0.5, 0.6) is 11.5 Å². The first-order valence-corrected chi connectivity index (χ1v) is 8.41. The summed E-state index contributed by atoms with van der Waals surface area (Å²) in [5.41, 5.74) is 0. The third-order valence-electron chi connectivity index (χ3n) is 3.45. The average molecular weight is 393 g/mol. The molecule has 142 valence electrons. The highest BCUT2D eigenvalue weighted by Crippen LogP contribution is 2.41. The minimum atomic E-state index is -5.29. The number of benzene rings is 1. The number of hydrogen-bond donors (Lipinski definition) is 0. The van der Waals surface area contributed by atoms with Crippen molar-refractivity contribution in [1.29, 1.82) is 0 Å². The zero-order chi connectivity index (χ0) is 19.0. The predicted octanol–water partition coefficient (Wildman–Crippen LogP) is 3.66. The van der Waals surface area contributed by atoms with Gasteiger partial charge in [-0.2, -0.15) is 4.31 Å². The third-order valence-corrected chi connectivity index (χ3v) is 5.53. The molecule has 25 heavy (non-hydrogen) atoms. The zero-order valence-corrected chi connectivity index (χ0v) is 13.5. The van der Waals surface area contributed by atoms with Gasteiger partial charge < -0.3 is 9.47 Å². The van der Waals surface area contributed by atoms with E-state index in [4.69, 9.17) is 0 Å². The summed E-state index contributed by atoms with van der Waals surface area (Å²) in [6.45, 7) is 1.47. The van der Waals surface area contributed by atoms with Crippen LogP contribution in [0, 0.1) is 0 Å². The van der Waals surface area contributed by atoms with Crippen molar-refractivity contribution in [1.82, 2.24) is 4.31 Å². The number of sulfonamides is 1. The fourth-order valence-electron chi connectivity index (χ4n) is 2.54. The van der Waals surface area contributed by atoms with Crippen molar-refractivity contribution in [3.8, 4) is 11.5 Å². The molecular formula is C13H13F6NO4S. The van der Waals surface area contributed by atoms with Gasteiger partial charge in [0.05, 0.1) is 0 Å². The molecule has 0 spiro atoms. The van der Waals surface area contributed by atoms with Gasteiger partial charge in [-0.25, -0.2) is 8.42 Å². The molecule has 0 amide bonds. The van der Waals surface area contributed by atoms with Crippen LogP contribution in [-0.2, 0) is 10.0 Å². The minimum Gasteiger partial charge on any atom is -0.404 e. The van der Waals surface area contributed by atoms with E-state index in [2.05, 4.69) is 9.47 Å². The molecule has 1 aliphatic rings. The maximum Gasteiger partial charge on any atom is 0.573 e. The molecule has 0 N–H and O–H groups in total. The first-order chi connectivity index (χ1) is 11.3. The Morgan fingerprint density at radius 3 is 1.88 bits per heavy atom. The molecule has 1 aromatic rings. The van der Waals surface area contributed by atoms with Crippen LogP contribution < -0.4 is 9.47 Å². The Bertz CT molecular complexity index is 697. The Hall–Kier alpha value is -1.69. The zero-order valence-electron chi connectivity index (χ0n) is 12.7. The maximum absolute atomic E-state index is 12.7. The van der Waals surface area contributed by atoms with Crippen LogP contribution >= 0.6 is 0 Å². The summed E-state index contributed by atoms with van der Waals surface area (Å²) in [6.07, 6.45) is -9.73. The van der Waals surface area contributed by atoms with Gasteiger partial charge in [0.25, 0.3) is 10.0 Å². The second-order valence-electron chi connectivity index (χ2n) is 5.29. The summed E-state index contributed by atoms with van der Waals surface area (Å²) in [7, 11) is -4.71. The Kier molecular flexibility index (Phi) is 5.15. The number of alkyl halides is 6. The van der Waals surface area contributed by atoms with E-state index in [-0.39, 0.29) is 6.54 Å². The lowest BCUT2D eigenvalue weighted by atomic mass is 10.3. The molecule has 1 atom stereocenters. The molecule has 12 heteroatoms. The standard InChI is InChI=1S/C13H13F6NO4S/c1-8-4-3-7-20(8)25(21,22)11-9(23-12(14,15)16)5-2-6-10(11)24-13(17,18)19/h2,5-6,8H,3-4,7H2,1H3. The van der Waals surface area contributed by atoms with Crippen LogP contribution in [0.25, 0.3) is 0 Å². The van der Waals surface area contributed by atoms with Crippen LogP contribution in [0.4, 0.5) is 26.3 Å². The highest BCUT2D eigenvalue weighted by atomic mass is 32.2. The summed E-state index contributed by atoms with van der Waals surface area (Å²) >= 11 is 0. The molecule has 0 saturated carbocycles. The second-order valence-corrected chi connectivity index (χ2v) is 7.11. The molecular weight excluding hydrogens is 380 g/mol. The van der Waals surface area contributed by atoms with Gasteiger partial charge in [0.1, 0.15) is 0 Å². The van der Waals surface area contributed by atoms with Crippen molar-refractivity contribution in [2.24, 2.45) is 0 Å². The first-order valence-electron chi connectivity index (χ1n) is 6.97.